The van der Waals surface area contributed by atoms with Crippen molar-refractivity contribution in [3.63, 3.8) is 0 Å². The van der Waals surface area contributed by atoms with Gasteiger partial charge in [0.25, 0.3) is 0 Å². The Kier molecular flexibility index (Phi) is 7.85. The second-order valence-electron chi connectivity index (χ2n) is 13.7. The second kappa shape index (κ2) is 13.4. The van der Waals surface area contributed by atoms with E-state index in [1.54, 1.807) is 0 Å². The lowest BCUT2D eigenvalue weighted by Crippen LogP contribution is -2.12. The Bertz CT molecular complexity index is 2900. The SMILES string of the molecule is c1ccc(-c2ccc(-c3ccccc3N(c3cccc4ccccc34)c3ccc(-c4cccc(-c5cc6ccccc6o5)c4)c4ccccc34)cc2)cc1. The Hall–Kier alpha value is -7.16. The molecule has 254 valence electrons. The highest BCUT2D eigenvalue weighted by Crippen LogP contribution is 2.47. The van der Waals surface area contributed by atoms with Gasteiger partial charge in [-0.15, -0.1) is 0 Å². The van der Waals surface area contributed by atoms with Gasteiger partial charge >= 0.3 is 0 Å². The van der Waals surface area contributed by atoms with Crippen LogP contribution in [-0.2, 0) is 0 Å². The number of nitrogens with zero attached hydrogens (tertiary/aromatic N) is 1. The van der Waals surface area contributed by atoms with Gasteiger partial charge in [0.15, 0.2) is 0 Å². The molecule has 2 heteroatoms. The van der Waals surface area contributed by atoms with Crippen molar-refractivity contribution in [3.05, 3.63) is 212 Å². The summed E-state index contributed by atoms with van der Waals surface area (Å²) in [5.74, 6) is 0.870. The van der Waals surface area contributed by atoms with Gasteiger partial charge in [-0.3, -0.25) is 0 Å². The smallest absolute Gasteiger partial charge is 0.135 e. The molecule has 54 heavy (non-hydrogen) atoms. The van der Waals surface area contributed by atoms with Crippen LogP contribution in [0.3, 0.4) is 0 Å². The van der Waals surface area contributed by atoms with Crippen LogP contribution in [0, 0.1) is 0 Å². The lowest BCUT2D eigenvalue weighted by Gasteiger charge is -2.30. The van der Waals surface area contributed by atoms with E-state index in [4.69, 9.17) is 4.42 Å². The first-order chi connectivity index (χ1) is 26.8. The zero-order valence-electron chi connectivity index (χ0n) is 29.6. The fourth-order valence-electron chi connectivity index (χ4n) is 7.87. The summed E-state index contributed by atoms with van der Waals surface area (Å²) in [6.07, 6.45) is 0. The summed E-state index contributed by atoms with van der Waals surface area (Å²) in [6, 6.07) is 76.0. The summed E-state index contributed by atoms with van der Waals surface area (Å²) in [5, 5.41) is 5.86. The molecule has 10 aromatic rings. The number of anilines is 3. The summed E-state index contributed by atoms with van der Waals surface area (Å²) in [6.45, 7) is 0. The summed E-state index contributed by atoms with van der Waals surface area (Å²) in [7, 11) is 0. The molecule has 0 atom stereocenters. The van der Waals surface area contributed by atoms with E-state index in [9.17, 15) is 0 Å². The van der Waals surface area contributed by atoms with Crippen molar-refractivity contribution >= 4 is 49.6 Å². The normalized spacial score (nSPS) is 11.3. The van der Waals surface area contributed by atoms with E-state index in [1.807, 2.05) is 18.2 Å². The molecule has 0 aliphatic rings. The first-order valence-electron chi connectivity index (χ1n) is 18.4. The fraction of sp³-hybridized carbons (Fsp3) is 0. The topological polar surface area (TPSA) is 16.4 Å². The Morgan fingerprint density at radius 1 is 0.296 bits per heavy atom. The molecule has 0 aliphatic heterocycles. The zero-order chi connectivity index (χ0) is 35.8. The van der Waals surface area contributed by atoms with Crippen molar-refractivity contribution in [2.24, 2.45) is 0 Å². The molecule has 0 amide bonds. The van der Waals surface area contributed by atoms with Crippen LogP contribution in [0.5, 0.6) is 0 Å². The third-order valence-electron chi connectivity index (χ3n) is 10.5. The molecule has 9 aromatic carbocycles. The molecule has 0 N–H and O–H groups in total. The summed E-state index contributed by atoms with van der Waals surface area (Å²) >= 11 is 0. The van der Waals surface area contributed by atoms with E-state index >= 15 is 0 Å². The Morgan fingerprint density at radius 2 is 0.870 bits per heavy atom. The van der Waals surface area contributed by atoms with Crippen molar-refractivity contribution < 1.29 is 4.42 Å². The zero-order valence-corrected chi connectivity index (χ0v) is 29.6. The molecule has 0 spiro atoms. The van der Waals surface area contributed by atoms with Crippen molar-refractivity contribution in [3.8, 4) is 44.7 Å². The molecule has 10 rings (SSSR count). The average molecular weight is 690 g/mol. The monoisotopic (exact) mass is 689 g/mol. The predicted octanol–water partition coefficient (Wildman–Crippen LogP) is 14.9. The van der Waals surface area contributed by atoms with E-state index in [2.05, 4.69) is 199 Å². The minimum atomic E-state index is 0.870. The molecule has 0 saturated carbocycles. The molecule has 0 fully saturated rings. The van der Waals surface area contributed by atoms with Gasteiger partial charge in [-0.05, 0) is 75.0 Å². The van der Waals surface area contributed by atoms with Crippen molar-refractivity contribution in [2.75, 3.05) is 4.90 Å². The van der Waals surface area contributed by atoms with Crippen LogP contribution in [0.4, 0.5) is 17.1 Å². The molecule has 0 saturated heterocycles. The standard InChI is InChI=1S/C52H35NO/c1-2-14-36(15-3-1)37-28-30-39(31-29-37)45-22-9-10-25-48(45)53(49-26-13-18-38-16-4-6-21-44(38)49)50-33-32-43(46-23-7-8-24-47(46)50)40-19-12-20-41(34-40)52-35-42-17-5-11-27-51(42)54-52/h1-35H. The predicted molar refractivity (Wildman–Crippen MR) is 228 cm³/mol. The summed E-state index contributed by atoms with van der Waals surface area (Å²) in [5.41, 5.74) is 12.4. The number of fused-ring (bicyclic) bond motifs is 3. The van der Waals surface area contributed by atoms with Crippen LogP contribution < -0.4 is 4.90 Å². The molecule has 1 aromatic heterocycles. The second-order valence-corrected chi connectivity index (χ2v) is 13.7. The van der Waals surface area contributed by atoms with Crippen molar-refractivity contribution in [2.45, 2.75) is 0 Å². The van der Waals surface area contributed by atoms with Crippen LogP contribution in [0.25, 0.3) is 77.2 Å². The average Bonchev–Trinajstić information content (AvgIpc) is 3.69. The number of para-hydroxylation sites is 2. The number of rotatable bonds is 7. The summed E-state index contributed by atoms with van der Waals surface area (Å²) in [4.78, 5) is 2.46. The van der Waals surface area contributed by atoms with Gasteiger partial charge in [-0.1, -0.05) is 176 Å². The molecule has 0 bridgehead atoms. The van der Waals surface area contributed by atoms with Crippen LogP contribution in [0.2, 0.25) is 0 Å². The molecule has 0 radical (unpaired) electrons. The Balaban J connectivity index is 1.15. The van der Waals surface area contributed by atoms with Gasteiger partial charge in [0.05, 0.1) is 17.1 Å². The minimum absolute atomic E-state index is 0.870. The third kappa shape index (κ3) is 5.62. The highest BCUT2D eigenvalue weighted by Gasteiger charge is 2.22. The quantitative estimate of drug-likeness (QED) is 0.166. The minimum Gasteiger partial charge on any atom is -0.456 e. The maximum atomic E-state index is 6.29. The van der Waals surface area contributed by atoms with Gasteiger partial charge < -0.3 is 9.32 Å². The van der Waals surface area contributed by atoms with E-state index in [0.29, 0.717) is 0 Å². The van der Waals surface area contributed by atoms with E-state index < -0.39 is 0 Å². The number of hydrogen-bond donors (Lipinski definition) is 0. The number of hydrogen-bond acceptors (Lipinski definition) is 2. The molecule has 0 unspecified atom stereocenters. The van der Waals surface area contributed by atoms with Crippen LogP contribution in [0.15, 0.2) is 217 Å². The van der Waals surface area contributed by atoms with E-state index in [-0.39, 0.29) is 0 Å². The largest absolute Gasteiger partial charge is 0.456 e. The molecular formula is C52H35NO. The highest BCUT2D eigenvalue weighted by atomic mass is 16.3. The van der Waals surface area contributed by atoms with Gasteiger partial charge in [0, 0.05) is 27.3 Å². The van der Waals surface area contributed by atoms with E-state index in [0.717, 1.165) is 50.5 Å². The summed E-state index contributed by atoms with van der Waals surface area (Å²) < 4.78 is 6.29. The maximum Gasteiger partial charge on any atom is 0.135 e. The molecule has 0 aliphatic carbocycles. The van der Waals surface area contributed by atoms with Crippen LogP contribution in [-0.4, -0.2) is 0 Å². The number of benzene rings is 9. The van der Waals surface area contributed by atoms with Gasteiger partial charge in [0.1, 0.15) is 11.3 Å². The first-order valence-corrected chi connectivity index (χ1v) is 18.4. The van der Waals surface area contributed by atoms with Crippen LogP contribution in [0.1, 0.15) is 0 Å². The van der Waals surface area contributed by atoms with E-state index in [1.165, 1.54) is 43.8 Å². The van der Waals surface area contributed by atoms with Crippen molar-refractivity contribution in [1.82, 2.24) is 0 Å². The molecule has 1 heterocycles. The van der Waals surface area contributed by atoms with Crippen molar-refractivity contribution in [1.29, 1.82) is 0 Å². The maximum absolute atomic E-state index is 6.29. The lowest BCUT2D eigenvalue weighted by atomic mass is 9.94. The Labute approximate surface area is 314 Å². The van der Waals surface area contributed by atoms with Gasteiger partial charge in [0.2, 0.25) is 0 Å². The van der Waals surface area contributed by atoms with Gasteiger partial charge in [-0.2, -0.15) is 0 Å². The number of furan rings is 1. The highest BCUT2D eigenvalue weighted by molar-refractivity contribution is 6.10. The Morgan fingerprint density at radius 3 is 1.72 bits per heavy atom. The first kappa shape index (κ1) is 31.6. The fourth-order valence-corrected chi connectivity index (χ4v) is 7.87. The molecular weight excluding hydrogens is 655 g/mol. The lowest BCUT2D eigenvalue weighted by molar-refractivity contribution is 0.631. The molecule has 2 nitrogen and oxygen atoms in total. The third-order valence-corrected chi connectivity index (χ3v) is 10.5. The van der Waals surface area contributed by atoms with Gasteiger partial charge in [-0.25, -0.2) is 0 Å². The van der Waals surface area contributed by atoms with Crippen LogP contribution >= 0.6 is 0 Å².